The van der Waals surface area contributed by atoms with Crippen LogP contribution in [0.15, 0.2) is 24.4 Å². The Balaban J connectivity index is 2.44. The van der Waals surface area contributed by atoms with Crippen molar-refractivity contribution >= 4 is 0 Å². The number of aromatic nitrogens is 1. The molecule has 0 fully saturated rings. The first-order chi connectivity index (χ1) is 6.20. The Hall–Kier alpha value is -0.930. The van der Waals surface area contributed by atoms with E-state index in [0.717, 1.165) is 12.2 Å². The standard InChI is InChI=1S/C10H17N3/c1-8(2)13-7-9(11)10-5-3-4-6-12-10/h3-6,8-9,13H,7,11H2,1-2H3. The maximum atomic E-state index is 5.92. The van der Waals surface area contributed by atoms with Crippen LogP contribution in [0.5, 0.6) is 0 Å². The van der Waals surface area contributed by atoms with Gasteiger partial charge in [-0.05, 0) is 12.1 Å². The number of nitrogens with one attached hydrogen (secondary N) is 1. The highest BCUT2D eigenvalue weighted by atomic mass is 14.9. The van der Waals surface area contributed by atoms with Gasteiger partial charge in [0.1, 0.15) is 0 Å². The summed E-state index contributed by atoms with van der Waals surface area (Å²) in [6, 6.07) is 6.26. The number of nitrogens with two attached hydrogens (primary N) is 1. The van der Waals surface area contributed by atoms with Crippen LogP contribution < -0.4 is 11.1 Å². The van der Waals surface area contributed by atoms with E-state index in [9.17, 15) is 0 Å². The lowest BCUT2D eigenvalue weighted by Crippen LogP contribution is -2.32. The second-order valence-corrected chi connectivity index (χ2v) is 3.42. The number of pyridine rings is 1. The Bertz CT molecular complexity index is 233. The van der Waals surface area contributed by atoms with Gasteiger partial charge in [-0.15, -0.1) is 0 Å². The fourth-order valence-electron chi connectivity index (χ4n) is 1.06. The fourth-order valence-corrected chi connectivity index (χ4v) is 1.06. The summed E-state index contributed by atoms with van der Waals surface area (Å²) in [5.74, 6) is 0. The summed E-state index contributed by atoms with van der Waals surface area (Å²) in [5.41, 5.74) is 6.86. The van der Waals surface area contributed by atoms with Crippen molar-refractivity contribution in [3.05, 3.63) is 30.1 Å². The molecule has 0 aliphatic carbocycles. The minimum absolute atomic E-state index is 0.0106. The molecule has 1 unspecified atom stereocenters. The maximum absolute atomic E-state index is 5.92. The molecule has 3 heteroatoms. The molecule has 3 nitrogen and oxygen atoms in total. The molecule has 1 atom stereocenters. The highest BCUT2D eigenvalue weighted by Crippen LogP contribution is 2.04. The molecule has 1 aromatic heterocycles. The van der Waals surface area contributed by atoms with Crippen LogP contribution in [0.3, 0.4) is 0 Å². The molecule has 0 spiro atoms. The minimum Gasteiger partial charge on any atom is -0.322 e. The average Bonchev–Trinajstić information content (AvgIpc) is 2.15. The van der Waals surface area contributed by atoms with E-state index >= 15 is 0 Å². The van der Waals surface area contributed by atoms with E-state index in [1.54, 1.807) is 6.20 Å². The topological polar surface area (TPSA) is 50.9 Å². The van der Waals surface area contributed by atoms with Crippen LogP contribution in [0.4, 0.5) is 0 Å². The Morgan fingerprint density at radius 3 is 2.77 bits per heavy atom. The first-order valence-electron chi connectivity index (χ1n) is 4.60. The Morgan fingerprint density at radius 2 is 2.23 bits per heavy atom. The average molecular weight is 179 g/mol. The van der Waals surface area contributed by atoms with Gasteiger partial charge in [-0.2, -0.15) is 0 Å². The third kappa shape index (κ3) is 3.53. The zero-order chi connectivity index (χ0) is 9.68. The van der Waals surface area contributed by atoms with Gasteiger partial charge in [-0.1, -0.05) is 19.9 Å². The summed E-state index contributed by atoms with van der Waals surface area (Å²) in [6.45, 7) is 4.98. The van der Waals surface area contributed by atoms with Crippen molar-refractivity contribution in [1.29, 1.82) is 0 Å². The summed E-state index contributed by atoms with van der Waals surface area (Å²) in [5, 5.41) is 3.28. The van der Waals surface area contributed by atoms with Crippen molar-refractivity contribution in [2.45, 2.75) is 25.9 Å². The van der Waals surface area contributed by atoms with Crippen LogP contribution in [-0.2, 0) is 0 Å². The molecule has 72 valence electrons. The second kappa shape index (κ2) is 4.94. The van der Waals surface area contributed by atoms with Crippen molar-refractivity contribution in [2.24, 2.45) is 5.73 Å². The molecule has 1 heterocycles. The third-order valence-corrected chi connectivity index (χ3v) is 1.81. The van der Waals surface area contributed by atoms with E-state index < -0.39 is 0 Å². The van der Waals surface area contributed by atoms with Gasteiger partial charge >= 0.3 is 0 Å². The molecular weight excluding hydrogens is 162 g/mol. The number of nitrogens with zero attached hydrogens (tertiary/aromatic N) is 1. The molecule has 0 bridgehead atoms. The summed E-state index contributed by atoms with van der Waals surface area (Å²) < 4.78 is 0. The molecule has 13 heavy (non-hydrogen) atoms. The summed E-state index contributed by atoms with van der Waals surface area (Å²) >= 11 is 0. The fraction of sp³-hybridized carbons (Fsp3) is 0.500. The zero-order valence-electron chi connectivity index (χ0n) is 8.20. The number of hydrogen-bond donors (Lipinski definition) is 2. The van der Waals surface area contributed by atoms with Crippen LogP contribution >= 0.6 is 0 Å². The van der Waals surface area contributed by atoms with Crippen molar-refractivity contribution in [3.8, 4) is 0 Å². The second-order valence-electron chi connectivity index (χ2n) is 3.42. The highest BCUT2D eigenvalue weighted by molar-refractivity contribution is 5.08. The van der Waals surface area contributed by atoms with E-state index in [1.165, 1.54) is 0 Å². The zero-order valence-corrected chi connectivity index (χ0v) is 8.20. The molecule has 0 saturated heterocycles. The Kier molecular flexibility index (Phi) is 3.86. The van der Waals surface area contributed by atoms with Crippen molar-refractivity contribution in [2.75, 3.05) is 6.54 Å². The van der Waals surface area contributed by atoms with E-state index in [2.05, 4.69) is 24.1 Å². The Labute approximate surface area is 79.4 Å². The Morgan fingerprint density at radius 1 is 1.46 bits per heavy atom. The molecule has 0 saturated carbocycles. The molecule has 3 N–H and O–H groups in total. The molecular formula is C10H17N3. The number of rotatable bonds is 4. The van der Waals surface area contributed by atoms with E-state index in [0.29, 0.717) is 6.04 Å². The molecule has 0 aromatic carbocycles. The first-order valence-corrected chi connectivity index (χ1v) is 4.60. The van der Waals surface area contributed by atoms with Crippen LogP contribution in [0, 0.1) is 0 Å². The normalized spacial score (nSPS) is 13.2. The molecule has 0 radical (unpaired) electrons. The van der Waals surface area contributed by atoms with Gasteiger partial charge in [0.25, 0.3) is 0 Å². The maximum Gasteiger partial charge on any atom is 0.0596 e. The van der Waals surface area contributed by atoms with Gasteiger partial charge in [-0.25, -0.2) is 0 Å². The van der Waals surface area contributed by atoms with Gasteiger partial charge in [0.05, 0.1) is 11.7 Å². The predicted octanol–water partition coefficient (Wildman–Crippen LogP) is 1.08. The third-order valence-electron chi connectivity index (χ3n) is 1.81. The monoisotopic (exact) mass is 179 g/mol. The van der Waals surface area contributed by atoms with Gasteiger partial charge in [0.15, 0.2) is 0 Å². The smallest absolute Gasteiger partial charge is 0.0596 e. The molecule has 0 amide bonds. The van der Waals surface area contributed by atoms with Crippen LogP contribution in [0.25, 0.3) is 0 Å². The van der Waals surface area contributed by atoms with Crippen LogP contribution in [-0.4, -0.2) is 17.6 Å². The summed E-state index contributed by atoms with van der Waals surface area (Å²) in [4.78, 5) is 4.19. The summed E-state index contributed by atoms with van der Waals surface area (Å²) in [7, 11) is 0. The lowest BCUT2D eigenvalue weighted by molar-refractivity contribution is 0.531. The first kappa shape index (κ1) is 10.2. The van der Waals surface area contributed by atoms with Crippen molar-refractivity contribution in [3.63, 3.8) is 0 Å². The van der Waals surface area contributed by atoms with Crippen LogP contribution in [0.2, 0.25) is 0 Å². The lowest BCUT2D eigenvalue weighted by atomic mass is 10.2. The quantitative estimate of drug-likeness (QED) is 0.727. The van der Waals surface area contributed by atoms with Gasteiger partial charge in [0.2, 0.25) is 0 Å². The lowest BCUT2D eigenvalue weighted by Gasteiger charge is -2.13. The van der Waals surface area contributed by atoms with Crippen LogP contribution in [0.1, 0.15) is 25.6 Å². The van der Waals surface area contributed by atoms with Gasteiger partial charge < -0.3 is 11.1 Å². The molecule has 1 aromatic rings. The SMILES string of the molecule is CC(C)NCC(N)c1ccccn1. The van der Waals surface area contributed by atoms with Crippen molar-refractivity contribution in [1.82, 2.24) is 10.3 Å². The van der Waals surface area contributed by atoms with Gasteiger partial charge in [0, 0.05) is 18.8 Å². The molecule has 0 aliphatic heterocycles. The minimum atomic E-state index is -0.0106. The van der Waals surface area contributed by atoms with E-state index in [1.807, 2.05) is 18.2 Å². The highest BCUT2D eigenvalue weighted by Gasteiger charge is 2.06. The molecule has 1 rings (SSSR count). The molecule has 0 aliphatic rings. The van der Waals surface area contributed by atoms with Crippen molar-refractivity contribution < 1.29 is 0 Å². The van der Waals surface area contributed by atoms with Gasteiger partial charge in [-0.3, -0.25) is 4.98 Å². The van der Waals surface area contributed by atoms with E-state index in [4.69, 9.17) is 5.73 Å². The largest absolute Gasteiger partial charge is 0.322 e. The predicted molar refractivity (Wildman–Crippen MR) is 54.3 cm³/mol. The summed E-state index contributed by atoms with van der Waals surface area (Å²) in [6.07, 6.45) is 1.77. The van der Waals surface area contributed by atoms with E-state index in [-0.39, 0.29) is 6.04 Å². The number of hydrogen-bond acceptors (Lipinski definition) is 3.